The van der Waals surface area contributed by atoms with Gasteiger partial charge in [0.05, 0.1) is 5.69 Å². The number of ketones is 1. The Kier molecular flexibility index (Phi) is 4.19. The molecule has 0 unspecified atom stereocenters. The SMILES string of the molecule is CC(=O)Nc1cc(C)ccc1C(=O)CCN. The summed E-state index contributed by atoms with van der Waals surface area (Å²) in [5.74, 6) is -0.237. The maximum absolute atomic E-state index is 11.7. The van der Waals surface area contributed by atoms with Crippen LogP contribution in [0.1, 0.15) is 29.3 Å². The van der Waals surface area contributed by atoms with Crippen LogP contribution in [0.2, 0.25) is 0 Å². The molecular formula is C12H16N2O2. The van der Waals surface area contributed by atoms with Gasteiger partial charge in [-0.05, 0) is 31.2 Å². The van der Waals surface area contributed by atoms with E-state index in [9.17, 15) is 9.59 Å². The molecule has 0 atom stereocenters. The monoisotopic (exact) mass is 220 g/mol. The van der Waals surface area contributed by atoms with Gasteiger partial charge in [0.25, 0.3) is 0 Å². The molecule has 0 aliphatic rings. The average molecular weight is 220 g/mol. The van der Waals surface area contributed by atoms with Crippen molar-refractivity contribution in [2.75, 3.05) is 11.9 Å². The van der Waals surface area contributed by atoms with E-state index in [0.29, 0.717) is 17.8 Å². The predicted molar refractivity (Wildman–Crippen MR) is 63.5 cm³/mol. The van der Waals surface area contributed by atoms with Gasteiger partial charge in [0, 0.05) is 18.9 Å². The molecule has 0 spiro atoms. The van der Waals surface area contributed by atoms with Crippen LogP contribution in [-0.4, -0.2) is 18.2 Å². The zero-order valence-electron chi connectivity index (χ0n) is 9.54. The Balaban J connectivity index is 3.06. The van der Waals surface area contributed by atoms with E-state index in [1.54, 1.807) is 12.1 Å². The summed E-state index contributed by atoms with van der Waals surface area (Å²) in [5.41, 5.74) is 7.41. The quantitative estimate of drug-likeness (QED) is 0.755. The predicted octanol–water partition coefficient (Wildman–Crippen LogP) is 1.48. The van der Waals surface area contributed by atoms with Gasteiger partial charge in [-0.1, -0.05) is 6.07 Å². The van der Waals surface area contributed by atoms with Crippen molar-refractivity contribution in [2.24, 2.45) is 5.73 Å². The number of rotatable bonds is 4. The summed E-state index contributed by atoms with van der Waals surface area (Å²) in [6.07, 6.45) is 0.287. The molecule has 16 heavy (non-hydrogen) atoms. The van der Waals surface area contributed by atoms with E-state index in [0.717, 1.165) is 5.56 Å². The van der Waals surface area contributed by atoms with Crippen molar-refractivity contribution in [3.8, 4) is 0 Å². The Labute approximate surface area is 94.8 Å². The van der Waals surface area contributed by atoms with Crippen molar-refractivity contribution in [3.63, 3.8) is 0 Å². The molecule has 0 aliphatic carbocycles. The lowest BCUT2D eigenvalue weighted by Crippen LogP contribution is -2.13. The van der Waals surface area contributed by atoms with Crippen LogP contribution in [0.25, 0.3) is 0 Å². The number of benzene rings is 1. The fourth-order valence-corrected chi connectivity index (χ4v) is 1.46. The fourth-order valence-electron chi connectivity index (χ4n) is 1.46. The highest BCUT2D eigenvalue weighted by Gasteiger charge is 2.11. The van der Waals surface area contributed by atoms with Crippen LogP contribution in [0.15, 0.2) is 18.2 Å². The van der Waals surface area contributed by atoms with E-state index in [2.05, 4.69) is 5.32 Å². The molecule has 0 fully saturated rings. The lowest BCUT2D eigenvalue weighted by molar-refractivity contribution is -0.114. The number of hydrogen-bond acceptors (Lipinski definition) is 3. The van der Waals surface area contributed by atoms with Crippen LogP contribution < -0.4 is 11.1 Å². The maximum Gasteiger partial charge on any atom is 0.221 e. The number of aryl methyl sites for hydroxylation is 1. The number of carbonyl (C=O) groups excluding carboxylic acids is 2. The van der Waals surface area contributed by atoms with Crippen molar-refractivity contribution in [1.82, 2.24) is 0 Å². The second-order valence-electron chi connectivity index (χ2n) is 3.69. The Morgan fingerprint density at radius 3 is 2.62 bits per heavy atom. The number of amides is 1. The molecule has 0 bridgehead atoms. The normalized spacial score (nSPS) is 9.94. The molecule has 0 heterocycles. The highest BCUT2D eigenvalue weighted by molar-refractivity contribution is 6.04. The highest BCUT2D eigenvalue weighted by Crippen LogP contribution is 2.19. The summed E-state index contributed by atoms with van der Waals surface area (Å²) in [5, 5.41) is 2.65. The van der Waals surface area contributed by atoms with Crippen LogP contribution in [0.3, 0.4) is 0 Å². The van der Waals surface area contributed by atoms with Gasteiger partial charge >= 0.3 is 0 Å². The molecule has 0 aliphatic heterocycles. The van der Waals surface area contributed by atoms with E-state index in [1.165, 1.54) is 6.92 Å². The van der Waals surface area contributed by atoms with Gasteiger partial charge in [-0.15, -0.1) is 0 Å². The first kappa shape index (κ1) is 12.4. The number of anilines is 1. The van der Waals surface area contributed by atoms with Crippen molar-refractivity contribution in [2.45, 2.75) is 20.3 Å². The minimum Gasteiger partial charge on any atom is -0.330 e. The van der Waals surface area contributed by atoms with Crippen LogP contribution in [0, 0.1) is 6.92 Å². The fraction of sp³-hybridized carbons (Fsp3) is 0.333. The van der Waals surface area contributed by atoms with Crippen LogP contribution in [0.5, 0.6) is 0 Å². The number of carbonyl (C=O) groups is 2. The maximum atomic E-state index is 11.7. The molecule has 0 aromatic heterocycles. The third-order valence-corrected chi connectivity index (χ3v) is 2.16. The molecule has 86 valence electrons. The van der Waals surface area contributed by atoms with Gasteiger partial charge < -0.3 is 11.1 Å². The zero-order chi connectivity index (χ0) is 12.1. The summed E-state index contributed by atoms with van der Waals surface area (Å²) < 4.78 is 0. The zero-order valence-corrected chi connectivity index (χ0v) is 9.54. The third kappa shape index (κ3) is 3.17. The van der Waals surface area contributed by atoms with E-state index in [1.807, 2.05) is 13.0 Å². The lowest BCUT2D eigenvalue weighted by Gasteiger charge is -2.09. The lowest BCUT2D eigenvalue weighted by atomic mass is 10.0. The number of Topliss-reactive ketones (excluding diaryl/α,β-unsaturated/α-hetero) is 1. The molecule has 0 saturated heterocycles. The van der Waals surface area contributed by atoms with Gasteiger partial charge in [0.1, 0.15) is 0 Å². The standard InChI is InChI=1S/C12H16N2O2/c1-8-3-4-10(12(16)5-6-13)11(7-8)14-9(2)15/h3-4,7H,5-6,13H2,1-2H3,(H,14,15). The summed E-state index contributed by atoms with van der Waals surface area (Å²) in [7, 11) is 0. The summed E-state index contributed by atoms with van der Waals surface area (Å²) in [4.78, 5) is 22.7. The van der Waals surface area contributed by atoms with E-state index < -0.39 is 0 Å². The minimum absolute atomic E-state index is 0.0498. The van der Waals surface area contributed by atoms with Gasteiger partial charge in [-0.25, -0.2) is 0 Å². The van der Waals surface area contributed by atoms with Crippen LogP contribution in [0.4, 0.5) is 5.69 Å². The molecule has 3 N–H and O–H groups in total. The minimum atomic E-state index is -0.188. The largest absolute Gasteiger partial charge is 0.330 e. The number of hydrogen-bond donors (Lipinski definition) is 2. The van der Waals surface area contributed by atoms with Gasteiger partial charge in [-0.2, -0.15) is 0 Å². The Bertz CT molecular complexity index is 413. The number of nitrogens with two attached hydrogens (primary N) is 1. The molecule has 1 amide bonds. The van der Waals surface area contributed by atoms with Crippen LogP contribution in [-0.2, 0) is 4.79 Å². The topological polar surface area (TPSA) is 72.2 Å². The smallest absolute Gasteiger partial charge is 0.221 e. The third-order valence-electron chi connectivity index (χ3n) is 2.16. The van der Waals surface area contributed by atoms with Gasteiger partial charge in [-0.3, -0.25) is 9.59 Å². The second-order valence-corrected chi connectivity index (χ2v) is 3.69. The Hall–Kier alpha value is -1.68. The molecular weight excluding hydrogens is 204 g/mol. The molecule has 1 rings (SSSR count). The van der Waals surface area contributed by atoms with E-state index >= 15 is 0 Å². The van der Waals surface area contributed by atoms with Gasteiger partial charge in [0.2, 0.25) is 5.91 Å². The Morgan fingerprint density at radius 1 is 1.38 bits per heavy atom. The summed E-state index contributed by atoms with van der Waals surface area (Å²) >= 11 is 0. The first-order chi connectivity index (χ1) is 7.54. The molecule has 4 heteroatoms. The van der Waals surface area contributed by atoms with Crippen molar-refractivity contribution in [1.29, 1.82) is 0 Å². The van der Waals surface area contributed by atoms with Crippen LogP contribution >= 0.6 is 0 Å². The summed E-state index contributed by atoms with van der Waals surface area (Å²) in [6.45, 7) is 3.63. The van der Waals surface area contributed by atoms with Crippen molar-refractivity contribution >= 4 is 17.4 Å². The molecule has 0 saturated carbocycles. The van der Waals surface area contributed by atoms with Crippen molar-refractivity contribution < 1.29 is 9.59 Å². The number of nitrogens with one attached hydrogen (secondary N) is 1. The molecule has 1 aromatic carbocycles. The molecule has 4 nitrogen and oxygen atoms in total. The molecule has 0 radical (unpaired) electrons. The van der Waals surface area contributed by atoms with Crippen molar-refractivity contribution in [3.05, 3.63) is 29.3 Å². The summed E-state index contributed by atoms with van der Waals surface area (Å²) in [6, 6.07) is 5.35. The second kappa shape index (κ2) is 5.42. The van der Waals surface area contributed by atoms with E-state index in [-0.39, 0.29) is 18.1 Å². The Morgan fingerprint density at radius 2 is 2.06 bits per heavy atom. The first-order valence-electron chi connectivity index (χ1n) is 5.16. The average Bonchev–Trinajstić information content (AvgIpc) is 2.16. The van der Waals surface area contributed by atoms with E-state index in [4.69, 9.17) is 5.73 Å². The highest BCUT2D eigenvalue weighted by atomic mass is 16.1. The first-order valence-corrected chi connectivity index (χ1v) is 5.16. The van der Waals surface area contributed by atoms with Gasteiger partial charge in [0.15, 0.2) is 5.78 Å². The molecule has 1 aromatic rings.